The van der Waals surface area contributed by atoms with Crippen molar-refractivity contribution in [3.05, 3.63) is 88.3 Å². The fourth-order valence-corrected chi connectivity index (χ4v) is 2.90. The Morgan fingerprint density at radius 1 is 1.14 bits per heavy atom. The Bertz CT molecular complexity index is 1180. The molecule has 0 aliphatic carbocycles. The van der Waals surface area contributed by atoms with E-state index in [1.54, 1.807) is 41.2 Å². The molecule has 0 spiro atoms. The topological polar surface area (TPSA) is 70.2 Å². The molecule has 0 amide bonds. The third kappa shape index (κ3) is 3.64. The molecule has 4 aromatic rings. The number of hydrogen-bond acceptors (Lipinski definition) is 5. The molecule has 0 N–H and O–H groups in total. The van der Waals surface area contributed by atoms with E-state index in [0.717, 1.165) is 5.56 Å². The van der Waals surface area contributed by atoms with Crippen molar-refractivity contribution < 1.29 is 13.5 Å². The van der Waals surface area contributed by atoms with Crippen LogP contribution in [0.5, 0.6) is 5.75 Å². The van der Waals surface area contributed by atoms with E-state index in [2.05, 4.69) is 10.3 Å². The van der Waals surface area contributed by atoms with Gasteiger partial charge in [0, 0.05) is 12.1 Å². The predicted octanol–water partition coefficient (Wildman–Crippen LogP) is 3.89. The highest BCUT2D eigenvalue weighted by Gasteiger charge is 2.27. The number of benzene rings is 2. The molecule has 0 fully saturated rings. The Hall–Kier alpha value is -3.48. The van der Waals surface area contributed by atoms with Gasteiger partial charge in [0.2, 0.25) is 0 Å². The van der Waals surface area contributed by atoms with Crippen LogP contribution in [0.3, 0.4) is 0 Å². The van der Waals surface area contributed by atoms with Crippen molar-refractivity contribution in [2.24, 2.45) is 0 Å². The first-order chi connectivity index (χ1) is 13.4. The van der Waals surface area contributed by atoms with Gasteiger partial charge in [-0.2, -0.15) is 0 Å². The van der Waals surface area contributed by atoms with Gasteiger partial charge < -0.3 is 9.15 Å². The minimum absolute atomic E-state index is 0.101. The third-order valence-corrected chi connectivity index (χ3v) is 4.42. The summed E-state index contributed by atoms with van der Waals surface area (Å²) in [7, 11) is 0. The van der Waals surface area contributed by atoms with Crippen LogP contribution in [0.25, 0.3) is 11.0 Å². The zero-order valence-corrected chi connectivity index (χ0v) is 15.4. The Kier molecular flexibility index (Phi) is 4.43. The molecule has 4 rings (SSSR count). The first kappa shape index (κ1) is 17.9. The molecular weight excluding hydrogens is 361 g/mol. The van der Waals surface area contributed by atoms with Gasteiger partial charge in [-0.05, 0) is 43.7 Å². The summed E-state index contributed by atoms with van der Waals surface area (Å²) in [5.41, 5.74) is 1.16. The quantitative estimate of drug-likeness (QED) is 0.526. The van der Waals surface area contributed by atoms with E-state index in [-0.39, 0.29) is 11.2 Å². The fourth-order valence-electron chi connectivity index (χ4n) is 2.90. The summed E-state index contributed by atoms with van der Waals surface area (Å²) >= 11 is 0. The van der Waals surface area contributed by atoms with Gasteiger partial charge in [-0.1, -0.05) is 17.3 Å². The lowest BCUT2D eigenvalue weighted by molar-refractivity contribution is 0.104. The van der Waals surface area contributed by atoms with Crippen LogP contribution in [0, 0.1) is 5.82 Å². The number of rotatable bonds is 5. The lowest BCUT2D eigenvalue weighted by Crippen LogP contribution is -2.25. The fraction of sp³-hybridized carbons (Fsp3) is 0.190. The van der Waals surface area contributed by atoms with Gasteiger partial charge in [0.25, 0.3) is 0 Å². The summed E-state index contributed by atoms with van der Waals surface area (Å²) in [5, 5.41) is 8.85. The van der Waals surface area contributed by atoms with Gasteiger partial charge in [-0.15, -0.1) is 5.10 Å². The van der Waals surface area contributed by atoms with Crippen LogP contribution in [-0.2, 0) is 12.1 Å². The lowest BCUT2D eigenvalue weighted by atomic mass is 10.1. The minimum Gasteiger partial charge on any atom is -0.481 e. The number of nitrogens with zero attached hydrogens (tertiary/aromatic N) is 3. The normalized spacial score (nSPS) is 11.7. The predicted molar refractivity (Wildman–Crippen MR) is 102 cm³/mol. The number of halogens is 1. The molecule has 0 unspecified atom stereocenters. The molecular formula is C21H18FN3O3. The molecule has 0 radical (unpaired) electrons. The zero-order valence-electron chi connectivity index (χ0n) is 15.4. The van der Waals surface area contributed by atoms with Crippen LogP contribution < -0.4 is 10.2 Å². The summed E-state index contributed by atoms with van der Waals surface area (Å²) in [5.74, 6) is 0.281. The molecule has 0 saturated carbocycles. The van der Waals surface area contributed by atoms with Gasteiger partial charge in [-0.25, -0.2) is 9.07 Å². The Balaban J connectivity index is 1.54. The van der Waals surface area contributed by atoms with Gasteiger partial charge in [-0.3, -0.25) is 4.79 Å². The van der Waals surface area contributed by atoms with E-state index in [1.807, 2.05) is 13.8 Å². The lowest BCUT2D eigenvalue weighted by Gasteiger charge is -2.24. The van der Waals surface area contributed by atoms with E-state index in [1.165, 1.54) is 24.5 Å². The van der Waals surface area contributed by atoms with Crippen molar-refractivity contribution in [3.63, 3.8) is 0 Å². The highest BCUT2D eigenvalue weighted by atomic mass is 19.1. The van der Waals surface area contributed by atoms with E-state index in [9.17, 15) is 9.18 Å². The van der Waals surface area contributed by atoms with E-state index in [4.69, 9.17) is 9.15 Å². The maximum Gasteiger partial charge on any atom is 0.192 e. The summed E-state index contributed by atoms with van der Waals surface area (Å²) in [6.07, 6.45) is 3.16. The zero-order chi connectivity index (χ0) is 19.7. The van der Waals surface area contributed by atoms with Crippen molar-refractivity contribution in [1.29, 1.82) is 0 Å². The number of ether oxygens (including phenoxy) is 1. The molecule has 0 aliphatic heterocycles. The van der Waals surface area contributed by atoms with Crippen molar-refractivity contribution >= 4 is 11.0 Å². The largest absolute Gasteiger partial charge is 0.481 e. The van der Waals surface area contributed by atoms with Crippen LogP contribution in [0.1, 0.15) is 25.1 Å². The number of aromatic nitrogens is 3. The summed E-state index contributed by atoms with van der Waals surface area (Å²) in [4.78, 5) is 11.8. The average Bonchev–Trinajstić information content (AvgIpc) is 3.13. The summed E-state index contributed by atoms with van der Waals surface area (Å²) in [6.45, 7) is 4.24. The molecule has 0 bridgehead atoms. The molecule has 2 heterocycles. The Labute approximate surface area is 160 Å². The van der Waals surface area contributed by atoms with E-state index >= 15 is 0 Å². The second-order valence-electron chi connectivity index (χ2n) is 6.98. The van der Waals surface area contributed by atoms with Crippen molar-refractivity contribution in [1.82, 2.24) is 15.0 Å². The van der Waals surface area contributed by atoms with Crippen LogP contribution in [0.15, 0.2) is 70.2 Å². The monoisotopic (exact) mass is 379 g/mol. The maximum absolute atomic E-state index is 13.0. The molecule has 2 aromatic heterocycles. The third-order valence-electron chi connectivity index (χ3n) is 4.42. The second-order valence-corrected chi connectivity index (χ2v) is 6.98. The SMILES string of the molecule is CC(C)(Oc1ccc2c(=O)ccoc2c1)c1cn(Cc2ccc(F)cc2)nn1. The van der Waals surface area contributed by atoms with Crippen LogP contribution >= 0.6 is 0 Å². The molecule has 0 atom stereocenters. The first-order valence-corrected chi connectivity index (χ1v) is 8.76. The van der Waals surface area contributed by atoms with Crippen molar-refractivity contribution in [2.75, 3.05) is 0 Å². The molecule has 0 saturated heterocycles. The highest BCUT2D eigenvalue weighted by molar-refractivity contribution is 5.77. The smallest absolute Gasteiger partial charge is 0.192 e. The van der Waals surface area contributed by atoms with Gasteiger partial charge in [0.05, 0.1) is 24.4 Å². The molecule has 28 heavy (non-hydrogen) atoms. The molecule has 6 nitrogen and oxygen atoms in total. The van der Waals surface area contributed by atoms with Gasteiger partial charge >= 0.3 is 0 Å². The minimum atomic E-state index is -0.760. The second kappa shape index (κ2) is 6.92. The molecule has 7 heteroatoms. The van der Waals surface area contributed by atoms with Crippen molar-refractivity contribution in [2.45, 2.75) is 26.0 Å². The van der Waals surface area contributed by atoms with Crippen LogP contribution in [0.2, 0.25) is 0 Å². The van der Waals surface area contributed by atoms with E-state index in [0.29, 0.717) is 29.0 Å². The Morgan fingerprint density at radius 2 is 1.93 bits per heavy atom. The Morgan fingerprint density at radius 3 is 2.71 bits per heavy atom. The van der Waals surface area contributed by atoms with E-state index < -0.39 is 5.60 Å². The van der Waals surface area contributed by atoms with Crippen molar-refractivity contribution in [3.8, 4) is 5.75 Å². The molecule has 0 aliphatic rings. The van der Waals surface area contributed by atoms with Crippen LogP contribution in [-0.4, -0.2) is 15.0 Å². The first-order valence-electron chi connectivity index (χ1n) is 8.76. The molecule has 2 aromatic carbocycles. The summed E-state index contributed by atoms with van der Waals surface area (Å²) in [6, 6.07) is 12.7. The number of fused-ring (bicyclic) bond motifs is 1. The highest BCUT2D eigenvalue weighted by Crippen LogP contribution is 2.28. The summed E-state index contributed by atoms with van der Waals surface area (Å²) < 4.78 is 26.2. The van der Waals surface area contributed by atoms with Gasteiger partial charge in [0.15, 0.2) is 5.43 Å². The number of hydrogen-bond donors (Lipinski definition) is 0. The van der Waals surface area contributed by atoms with Gasteiger partial charge in [0.1, 0.15) is 28.4 Å². The standard InChI is InChI=1S/C21H18FN3O3/c1-21(2,28-16-7-8-17-18(26)9-10-27-19(17)11-16)20-13-25(24-23-20)12-14-3-5-15(22)6-4-14/h3-11,13H,12H2,1-2H3. The average molecular weight is 379 g/mol. The van der Waals surface area contributed by atoms with Crippen LogP contribution in [0.4, 0.5) is 4.39 Å². The molecule has 142 valence electrons. The maximum atomic E-state index is 13.0.